The number of carbonyl (C=O) groups is 1. The highest BCUT2D eigenvalue weighted by Gasteiger charge is 2.25. The summed E-state index contributed by atoms with van der Waals surface area (Å²) in [6.45, 7) is 8.92. The molecular formula is C27H32N2O4S. The summed E-state index contributed by atoms with van der Waals surface area (Å²) in [5.41, 5.74) is 2.83. The van der Waals surface area contributed by atoms with Crippen molar-refractivity contribution in [1.29, 1.82) is 0 Å². The monoisotopic (exact) mass is 480 g/mol. The van der Waals surface area contributed by atoms with E-state index in [1.165, 1.54) is 12.6 Å². The molecule has 0 saturated carbocycles. The van der Waals surface area contributed by atoms with Crippen LogP contribution in [0.5, 0.6) is 5.75 Å². The normalized spacial score (nSPS) is 11.7. The second-order valence-electron chi connectivity index (χ2n) is 9.18. The maximum Gasteiger partial charge on any atom is 0.264 e. The Hall–Kier alpha value is -3.32. The molecule has 3 aromatic rings. The summed E-state index contributed by atoms with van der Waals surface area (Å²) in [6, 6.07) is 21.2. The molecule has 7 heteroatoms. The first kappa shape index (κ1) is 25.3. The van der Waals surface area contributed by atoms with Crippen LogP contribution in [-0.2, 0) is 15.4 Å². The van der Waals surface area contributed by atoms with Gasteiger partial charge in [-0.25, -0.2) is 8.42 Å². The average molecular weight is 481 g/mol. The van der Waals surface area contributed by atoms with E-state index in [9.17, 15) is 13.2 Å². The standard InChI is InChI=1S/C27H32N2O4S/c1-20-10-16-23(17-11-20)34(31,32)29(5)25-9-7-6-8-24(25)26(30)28-18-19-33-22-14-12-21(13-15-22)27(2,3)4/h6-17H,18-19H2,1-5H3,(H,28,30). The van der Waals surface area contributed by atoms with Gasteiger partial charge >= 0.3 is 0 Å². The quantitative estimate of drug-likeness (QED) is 0.464. The van der Waals surface area contributed by atoms with E-state index < -0.39 is 10.0 Å². The van der Waals surface area contributed by atoms with Crippen LogP contribution in [0.3, 0.4) is 0 Å². The number of ether oxygens (including phenoxy) is 1. The number of amides is 1. The molecule has 3 aromatic carbocycles. The van der Waals surface area contributed by atoms with E-state index in [2.05, 4.69) is 26.1 Å². The molecule has 0 saturated heterocycles. The lowest BCUT2D eigenvalue weighted by molar-refractivity contribution is 0.0947. The molecule has 0 heterocycles. The number of nitrogens with one attached hydrogen (secondary N) is 1. The molecule has 0 spiro atoms. The van der Waals surface area contributed by atoms with Crippen molar-refractivity contribution < 1.29 is 17.9 Å². The lowest BCUT2D eigenvalue weighted by Gasteiger charge is -2.22. The predicted octanol–water partition coefficient (Wildman–Crippen LogP) is 4.93. The Kier molecular flexibility index (Phi) is 7.67. The van der Waals surface area contributed by atoms with Crippen molar-refractivity contribution in [3.8, 4) is 5.75 Å². The second kappa shape index (κ2) is 10.3. The van der Waals surface area contributed by atoms with Gasteiger partial charge in [-0.2, -0.15) is 0 Å². The second-order valence-corrected chi connectivity index (χ2v) is 11.2. The van der Waals surface area contributed by atoms with E-state index in [0.717, 1.165) is 15.6 Å². The van der Waals surface area contributed by atoms with E-state index in [0.29, 0.717) is 12.3 Å². The molecule has 34 heavy (non-hydrogen) atoms. The fourth-order valence-corrected chi connectivity index (χ4v) is 4.63. The number of hydrogen-bond donors (Lipinski definition) is 1. The van der Waals surface area contributed by atoms with Crippen LogP contribution in [0.15, 0.2) is 77.7 Å². The number of aryl methyl sites for hydroxylation is 1. The van der Waals surface area contributed by atoms with Gasteiger partial charge in [0.15, 0.2) is 0 Å². The zero-order valence-electron chi connectivity index (χ0n) is 20.3. The van der Waals surface area contributed by atoms with E-state index in [4.69, 9.17) is 4.74 Å². The SMILES string of the molecule is Cc1ccc(S(=O)(=O)N(C)c2ccccc2C(=O)NCCOc2ccc(C(C)(C)C)cc2)cc1. The first-order chi connectivity index (χ1) is 16.0. The Labute approximate surface area is 202 Å². The molecule has 0 fully saturated rings. The van der Waals surface area contributed by atoms with Gasteiger partial charge in [0.1, 0.15) is 12.4 Å². The van der Waals surface area contributed by atoms with Gasteiger partial charge in [0.2, 0.25) is 0 Å². The Morgan fingerprint density at radius 1 is 0.941 bits per heavy atom. The fraction of sp³-hybridized carbons (Fsp3) is 0.296. The van der Waals surface area contributed by atoms with Crippen molar-refractivity contribution in [2.75, 3.05) is 24.5 Å². The average Bonchev–Trinajstić information content (AvgIpc) is 2.81. The summed E-state index contributed by atoms with van der Waals surface area (Å²) in [4.78, 5) is 13.0. The maximum absolute atomic E-state index is 13.1. The number of sulfonamides is 1. The van der Waals surface area contributed by atoms with Gasteiger partial charge in [-0.1, -0.05) is 62.7 Å². The van der Waals surface area contributed by atoms with Gasteiger partial charge in [0.05, 0.1) is 22.7 Å². The van der Waals surface area contributed by atoms with E-state index in [1.807, 2.05) is 31.2 Å². The highest BCUT2D eigenvalue weighted by Crippen LogP contribution is 2.26. The zero-order valence-corrected chi connectivity index (χ0v) is 21.1. The molecule has 0 radical (unpaired) electrons. The third kappa shape index (κ3) is 5.97. The number of hydrogen-bond acceptors (Lipinski definition) is 4. The van der Waals surface area contributed by atoms with Gasteiger partial charge in [0.25, 0.3) is 15.9 Å². The van der Waals surface area contributed by atoms with Crippen LogP contribution < -0.4 is 14.4 Å². The number of rotatable bonds is 8. The Balaban J connectivity index is 1.64. The van der Waals surface area contributed by atoms with Crippen LogP contribution in [-0.4, -0.2) is 34.5 Å². The summed E-state index contributed by atoms with van der Waals surface area (Å²) in [5, 5.41) is 2.81. The molecule has 0 unspecified atom stereocenters. The number of anilines is 1. The van der Waals surface area contributed by atoms with Crippen LogP contribution in [0.4, 0.5) is 5.69 Å². The van der Waals surface area contributed by atoms with Crippen molar-refractivity contribution in [1.82, 2.24) is 5.32 Å². The zero-order chi connectivity index (χ0) is 24.9. The molecular weight excluding hydrogens is 448 g/mol. The molecule has 6 nitrogen and oxygen atoms in total. The first-order valence-electron chi connectivity index (χ1n) is 11.2. The minimum absolute atomic E-state index is 0.0694. The summed E-state index contributed by atoms with van der Waals surface area (Å²) >= 11 is 0. The number of benzene rings is 3. The summed E-state index contributed by atoms with van der Waals surface area (Å²) < 4.78 is 33.1. The van der Waals surface area contributed by atoms with Crippen molar-refractivity contribution in [3.63, 3.8) is 0 Å². The molecule has 1 N–H and O–H groups in total. The van der Waals surface area contributed by atoms with Crippen LogP contribution in [0.25, 0.3) is 0 Å². The van der Waals surface area contributed by atoms with Crippen LogP contribution >= 0.6 is 0 Å². The maximum atomic E-state index is 13.1. The minimum Gasteiger partial charge on any atom is -0.492 e. The molecule has 0 aliphatic carbocycles. The van der Waals surface area contributed by atoms with Crippen LogP contribution in [0, 0.1) is 6.92 Å². The lowest BCUT2D eigenvalue weighted by atomic mass is 9.87. The van der Waals surface area contributed by atoms with Crippen molar-refractivity contribution in [3.05, 3.63) is 89.5 Å². The van der Waals surface area contributed by atoms with E-state index >= 15 is 0 Å². The third-order valence-electron chi connectivity index (χ3n) is 5.54. The van der Waals surface area contributed by atoms with Gasteiger partial charge < -0.3 is 10.1 Å². The third-order valence-corrected chi connectivity index (χ3v) is 7.33. The molecule has 0 aromatic heterocycles. The van der Waals surface area contributed by atoms with Gasteiger partial charge in [-0.3, -0.25) is 9.10 Å². The topological polar surface area (TPSA) is 75.7 Å². The van der Waals surface area contributed by atoms with Crippen LogP contribution in [0.1, 0.15) is 42.3 Å². The van der Waals surface area contributed by atoms with Crippen LogP contribution in [0.2, 0.25) is 0 Å². The predicted molar refractivity (Wildman–Crippen MR) is 136 cm³/mol. The van der Waals surface area contributed by atoms with E-state index in [1.54, 1.807) is 48.5 Å². The lowest BCUT2D eigenvalue weighted by Crippen LogP contribution is -2.32. The molecule has 1 amide bonds. The molecule has 0 bridgehead atoms. The van der Waals surface area contributed by atoms with Gasteiger partial charge in [-0.15, -0.1) is 0 Å². The molecule has 180 valence electrons. The van der Waals surface area contributed by atoms with Gasteiger partial charge in [0, 0.05) is 7.05 Å². The summed E-state index contributed by atoms with van der Waals surface area (Å²) in [5.74, 6) is 0.361. The molecule has 0 aliphatic rings. The highest BCUT2D eigenvalue weighted by atomic mass is 32.2. The summed E-state index contributed by atoms with van der Waals surface area (Å²) in [7, 11) is -2.36. The van der Waals surface area contributed by atoms with Crippen molar-refractivity contribution in [2.45, 2.75) is 38.0 Å². The summed E-state index contributed by atoms with van der Waals surface area (Å²) in [6.07, 6.45) is 0. The Bertz CT molecular complexity index is 1230. The smallest absolute Gasteiger partial charge is 0.264 e. The fourth-order valence-electron chi connectivity index (χ4n) is 3.42. The highest BCUT2D eigenvalue weighted by molar-refractivity contribution is 7.92. The number of carbonyl (C=O) groups excluding carboxylic acids is 1. The minimum atomic E-state index is -3.81. The number of para-hydroxylation sites is 1. The molecule has 0 aliphatic heterocycles. The van der Waals surface area contributed by atoms with E-state index in [-0.39, 0.29) is 28.3 Å². The van der Waals surface area contributed by atoms with Gasteiger partial charge in [-0.05, 0) is 54.3 Å². The van der Waals surface area contributed by atoms with Crippen molar-refractivity contribution in [2.24, 2.45) is 0 Å². The van der Waals surface area contributed by atoms with Crippen molar-refractivity contribution >= 4 is 21.6 Å². The first-order valence-corrected chi connectivity index (χ1v) is 12.6. The largest absolute Gasteiger partial charge is 0.492 e. The number of nitrogens with zero attached hydrogens (tertiary/aromatic N) is 1. The molecule has 0 atom stereocenters. The Morgan fingerprint density at radius 2 is 1.56 bits per heavy atom. The Morgan fingerprint density at radius 3 is 2.18 bits per heavy atom. The molecule has 3 rings (SSSR count).